The van der Waals surface area contributed by atoms with Gasteiger partial charge in [0.15, 0.2) is 0 Å². The summed E-state index contributed by atoms with van der Waals surface area (Å²) in [5.74, 6) is -0.387. The average molecular weight is 346 g/mol. The van der Waals surface area contributed by atoms with E-state index in [1.54, 1.807) is 37.7 Å². The highest BCUT2D eigenvalue weighted by Crippen LogP contribution is 2.29. The molecular weight excluding hydrogens is 330 g/mol. The fourth-order valence-electron chi connectivity index (χ4n) is 2.34. The van der Waals surface area contributed by atoms with Crippen LogP contribution >= 0.6 is 12.4 Å². The zero-order valence-corrected chi connectivity index (χ0v) is 13.7. The van der Waals surface area contributed by atoms with Crippen LogP contribution in [0.1, 0.15) is 15.9 Å². The molecule has 2 aromatic heterocycles. The summed E-state index contributed by atoms with van der Waals surface area (Å²) in [6.07, 6.45) is 4.79. The molecule has 0 aliphatic heterocycles. The quantitative estimate of drug-likeness (QED) is 0.737. The number of methoxy groups -OCH3 is 1. The van der Waals surface area contributed by atoms with E-state index in [0.29, 0.717) is 28.9 Å². The smallest absolute Gasteiger partial charge is 0.339 e. The molecule has 2 N–H and O–H groups in total. The van der Waals surface area contributed by atoms with Gasteiger partial charge in [0.2, 0.25) is 0 Å². The second-order valence-electron chi connectivity index (χ2n) is 4.95. The van der Waals surface area contributed by atoms with Crippen LogP contribution in [0.2, 0.25) is 0 Å². The van der Waals surface area contributed by atoms with Crippen molar-refractivity contribution in [3.63, 3.8) is 0 Å². The molecule has 0 amide bonds. The number of nitrogens with one attached hydrogen (secondary N) is 1. The molecule has 0 spiro atoms. The Morgan fingerprint density at radius 3 is 2.79 bits per heavy atom. The monoisotopic (exact) mass is 345 g/mol. The second kappa shape index (κ2) is 7.61. The highest BCUT2D eigenvalue weighted by molar-refractivity contribution is 6.04. The van der Waals surface area contributed by atoms with E-state index in [1.165, 1.54) is 6.20 Å². The van der Waals surface area contributed by atoms with E-state index in [0.717, 1.165) is 5.56 Å². The van der Waals surface area contributed by atoms with Gasteiger partial charge < -0.3 is 15.2 Å². The Balaban J connectivity index is 0.00000208. The number of rotatable bonds is 5. The molecule has 6 nitrogen and oxygen atoms in total. The van der Waals surface area contributed by atoms with Crippen molar-refractivity contribution in [2.75, 3.05) is 12.4 Å². The number of benzene rings is 1. The predicted molar refractivity (Wildman–Crippen MR) is 94.1 cm³/mol. The third-order valence-corrected chi connectivity index (χ3v) is 3.50. The van der Waals surface area contributed by atoms with Crippen molar-refractivity contribution in [1.82, 2.24) is 9.97 Å². The lowest BCUT2D eigenvalue weighted by Gasteiger charge is -2.13. The Morgan fingerprint density at radius 1 is 1.29 bits per heavy atom. The topological polar surface area (TPSA) is 84.3 Å². The molecule has 1 aromatic carbocycles. The molecule has 24 heavy (non-hydrogen) atoms. The number of carboxylic acid groups (broad SMARTS) is 1. The summed E-state index contributed by atoms with van der Waals surface area (Å²) in [7, 11) is 1.57. The van der Waals surface area contributed by atoms with Crippen LogP contribution < -0.4 is 10.1 Å². The Labute approximate surface area is 144 Å². The molecule has 0 bridgehead atoms. The van der Waals surface area contributed by atoms with Gasteiger partial charge in [0.1, 0.15) is 11.3 Å². The SMILES string of the molecule is COc1ccc2ncc(C(=O)O)c(NCc3cccnc3)c2c1.Cl. The van der Waals surface area contributed by atoms with Gasteiger partial charge >= 0.3 is 5.97 Å². The molecule has 2 heterocycles. The van der Waals surface area contributed by atoms with Gasteiger partial charge in [-0.25, -0.2) is 4.79 Å². The van der Waals surface area contributed by atoms with Gasteiger partial charge in [-0.05, 0) is 29.8 Å². The lowest BCUT2D eigenvalue weighted by atomic mass is 10.1. The van der Waals surface area contributed by atoms with Crippen molar-refractivity contribution in [3.05, 3.63) is 60.0 Å². The molecule has 0 atom stereocenters. The van der Waals surface area contributed by atoms with Crippen LogP contribution in [0.5, 0.6) is 5.75 Å². The van der Waals surface area contributed by atoms with Crippen LogP contribution in [0.15, 0.2) is 48.9 Å². The third kappa shape index (κ3) is 3.55. The van der Waals surface area contributed by atoms with Crippen LogP contribution in [-0.2, 0) is 6.54 Å². The molecule has 3 rings (SSSR count). The van der Waals surface area contributed by atoms with E-state index < -0.39 is 5.97 Å². The number of aromatic nitrogens is 2. The molecule has 0 aliphatic rings. The number of ether oxygens (including phenoxy) is 1. The number of carbonyl (C=O) groups is 1. The molecule has 0 fully saturated rings. The van der Waals surface area contributed by atoms with Gasteiger partial charge in [-0.2, -0.15) is 0 Å². The number of halogens is 1. The molecule has 3 aromatic rings. The van der Waals surface area contributed by atoms with Crippen molar-refractivity contribution in [3.8, 4) is 5.75 Å². The van der Waals surface area contributed by atoms with Gasteiger partial charge in [0.25, 0.3) is 0 Å². The Bertz CT molecular complexity index is 856. The summed E-state index contributed by atoms with van der Waals surface area (Å²) in [5, 5.41) is 13.3. The maximum absolute atomic E-state index is 11.5. The highest BCUT2D eigenvalue weighted by atomic mass is 35.5. The van der Waals surface area contributed by atoms with Crippen LogP contribution in [0.3, 0.4) is 0 Å². The number of hydrogen-bond donors (Lipinski definition) is 2. The van der Waals surface area contributed by atoms with Crippen molar-refractivity contribution >= 4 is 35.0 Å². The molecule has 0 saturated carbocycles. The minimum absolute atomic E-state index is 0. The van der Waals surface area contributed by atoms with Crippen LogP contribution in [0.25, 0.3) is 10.9 Å². The number of fused-ring (bicyclic) bond motifs is 1. The number of anilines is 1. The minimum Gasteiger partial charge on any atom is -0.497 e. The summed E-state index contributed by atoms with van der Waals surface area (Å²) in [6, 6.07) is 9.13. The standard InChI is InChI=1S/C17H15N3O3.ClH/c1-23-12-4-5-15-13(7-12)16(14(10-19-15)17(21)22)20-9-11-3-2-6-18-8-11;/h2-8,10H,9H2,1H3,(H,19,20)(H,21,22);1H. The summed E-state index contributed by atoms with van der Waals surface area (Å²) >= 11 is 0. The minimum atomic E-state index is -1.03. The fourth-order valence-corrected chi connectivity index (χ4v) is 2.34. The van der Waals surface area contributed by atoms with E-state index in [-0.39, 0.29) is 18.0 Å². The largest absolute Gasteiger partial charge is 0.497 e. The van der Waals surface area contributed by atoms with Gasteiger partial charge in [-0.15, -0.1) is 12.4 Å². The molecule has 7 heteroatoms. The number of carboxylic acids is 1. The van der Waals surface area contributed by atoms with Crippen LogP contribution in [0, 0.1) is 0 Å². The fraction of sp³-hybridized carbons (Fsp3) is 0.118. The molecule has 0 radical (unpaired) electrons. The summed E-state index contributed by atoms with van der Waals surface area (Å²) < 4.78 is 5.23. The van der Waals surface area contributed by atoms with E-state index in [1.807, 2.05) is 12.1 Å². The maximum atomic E-state index is 11.5. The summed E-state index contributed by atoms with van der Waals surface area (Å²) in [4.78, 5) is 19.8. The molecule has 124 valence electrons. The highest BCUT2D eigenvalue weighted by Gasteiger charge is 2.15. The van der Waals surface area contributed by atoms with Crippen LogP contribution in [-0.4, -0.2) is 28.2 Å². The van der Waals surface area contributed by atoms with Gasteiger partial charge in [0, 0.05) is 30.5 Å². The number of nitrogens with zero attached hydrogens (tertiary/aromatic N) is 2. The lowest BCUT2D eigenvalue weighted by molar-refractivity contribution is 0.0697. The summed E-state index contributed by atoms with van der Waals surface area (Å²) in [6.45, 7) is 0.463. The number of hydrogen-bond acceptors (Lipinski definition) is 5. The van der Waals surface area contributed by atoms with E-state index in [4.69, 9.17) is 4.74 Å². The van der Waals surface area contributed by atoms with Gasteiger partial charge in [0.05, 0.1) is 18.3 Å². The van der Waals surface area contributed by atoms with Gasteiger partial charge in [-0.3, -0.25) is 9.97 Å². The first-order chi connectivity index (χ1) is 11.2. The molecule has 0 saturated heterocycles. The van der Waals surface area contributed by atoms with Crippen LogP contribution in [0.4, 0.5) is 5.69 Å². The van der Waals surface area contributed by atoms with E-state index in [9.17, 15) is 9.90 Å². The first-order valence-corrected chi connectivity index (χ1v) is 7.02. The zero-order valence-electron chi connectivity index (χ0n) is 12.9. The van der Waals surface area contributed by atoms with E-state index >= 15 is 0 Å². The second-order valence-corrected chi connectivity index (χ2v) is 4.95. The molecule has 0 aliphatic carbocycles. The van der Waals surface area contributed by atoms with Crippen molar-refractivity contribution in [1.29, 1.82) is 0 Å². The first-order valence-electron chi connectivity index (χ1n) is 7.02. The van der Waals surface area contributed by atoms with E-state index in [2.05, 4.69) is 15.3 Å². The molecular formula is C17H16ClN3O3. The summed E-state index contributed by atoms with van der Waals surface area (Å²) in [5.41, 5.74) is 2.29. The lowest BCUT2D eigenvalue weighted by Crippen LogP contribution is -2.08. The number of aromatic carboxylic acids is 1. The Morgan fingerprint density at radius 2 is 2.12 bits per heavy atom. The third-order valence-electron chi connectivity index (χ3n) is 3.50. The van der Waals surface area contributed by atoms with Crippen molar-refractivity contribution < 1.29 is 14.6 Å². The maximum Gasteiger partial charge on any atom is 0.339 e. The number of pyridine rings is 2. The normalized spacial score (nSPS) is 10.0. The zero-order chi connectivity index (χ0) is 16.2. The molecule has 0 unspecified atom stereocenters. The Kier molecular flexibility index (Phi) is 5.55. The van der Waals surface area contributed by atoms with Gasteiger partial charge in [-0.1, -0.05) is 6.07 Å². The Hall–Kier alpha value is -2.86. The van der Waals surface area contributed by atoms with Crippen molar-refractivity contribution in [2.45, 2.75) is 6.54 Å². The van der Waals surface area contributed by atoms with Crippen molar-refractivity contribution in [2.24, 2.45) is 0 Å². The predicted octanol–water partition coefficient (Wildman–Crippen LogP) is 3.37. The average Bonchev–Trinajstić information content (AvgIpc) is 2.59. The first kappa shape index (κ1) is 17.5.